The van der Waals surface area contributed by atoms with E-state index in [2.05, 4.69) is 20.7 Å². The van der Waals surface area contributed by atoms with Gasteiger partial charge in [-0.1, -0.05) is 17.7 Å². The number of rotatable bonds is 6. The lowest BCUT2D eigenvalue weighted by Gasteiger charge is -2.34. The summed E-state index contributed by atoms with van der Waals surface area (Å²) in [5, 5.41) is 19.5. The van der Waals surface area contributed by atoms with Gasteiger partial charge in [0.15, 0.2) is 5.69 Å². The molecule has 2 aromatic heterocycles. The Morgan fingerprint density at radius 1 is 1.17 bits per heavy atom. The zero-order valence-corrected chi connectivity index (χ0v) is 20.0. The molecule has 0 spiro atoms. The molecule has 36 heavy (non-hydrogen) atoms. The molecule has 3 atom stereocenters. The number of carbonyl (C=O) groups excluding carboxylic acids is 3. The highest BCUT2D eigenvalue weighted by atomic mass is 35.5. The smallest absolute Gasteiger partial charge is 0.335 e. The van der Waals surface area contributed by atoms with Crippen LogP contribution in [-0.4, -0.2) is 67.6 Å². The maximum absolute atomic E-state index is 13.5. The van der Waals surface area contributed by atoms with Crippen LogP contribution in [0.3, 0.4) is 0 Å². The predicted molar refractivity (Wildman–Crippen MR) is 130 cm³/mol. The number of anilines is 1. The van der Waals surface area contributed by atoms with Crippen molar-refractivity contribution in [2.45, 2.75) is 37.9 Å². The van der Waals surface area contributed by atoms with Crippen LogP contribution in [0.15, 0.2) is 36.4 Å². The Kier molecular flexibility index (Phi) is 6.09. The second-order valence-electron chi connectivity index (χ2n) is 8.93. The number of fused-ring (bicyclic) bond motifs is 3. The summed E-state index contributed by atoms with van der Waals surface area (Å²) in [6.07, 6.45) is 2.39. The van der Waals surface area contributed by atoms with E-state index in [4.69, 9.17) is 11.6 Å². The fraction of sp³-hybridized carbons (Fsp3) is 0.333. The van der Waals surface area contributed by atoms with Gasteiger partial charge in [-0.15, -0.1) is 0 Å². The number of benzene rings is 1. The number of amides is 3. The van der Waals surface area contributed by atoms with Gasteiger partial charge in [0.1, 0.15) is 23.6 Å². The summed E-state index contributed by atoms with van der Waals surface area (Å²) in [5.41, 5.74) is 0.467. The average Bonchev–Trinajstić information content (AvgIpc) is 3.56. The minimum atomic E-state index is -1.14. The van der Waals surface area contributed by atoms with Gasteiger partial charge in [0, 0.05) is 18.5 Å². The van der Waals surface area contributed by atoms with E-state index in [1.807, 2.05) is 0 Å². The van der Waals surface area contributed by atoms with Gasteiger partial charge in [0.2, 0.25) is 11.8 Å². The molecule has 1 saturated carbocycles. The van der Waals surface area contributed by atoms with Crippen molar-refractivity contribution < 1.29 is 24.3 Å². The molecular weight excluding hydrogens is 488 g/mol. The lowest BCUT2D eigenvalue weighted by molar-refractivity contribution is -0.141. The van der Waals surface area contributed by atoms with E-state index >= 15 is 0 Å². The van der Waals surface area contributed by atoms with Crippen molar-refractivity contribution in [2.24, 2.45) is 5.92 Å². The number of nitrogens with zero attached hydrogens (tertiary/aromatic N) is 4. The highest BCUT2D eigenvalue weighted by Crippen LogP contribution is 2.43. The molecule has 12 heteroatoms. The fourth-order valence-corrected chi connectivity index (χ4v) is 5.46. The highest BCUT2D eigenvalue weighted by Gasteiger charge is 2.51. The summed E-state index contributed by atoms with van der Waals surface area (Å²) >= 11 is 5.93. The maximum atomic E-state index is 13.5. The third-order valence-electron chi connectivity index (χ3n) is 6.83. The Morgan fingerprint density at radius 3 is 2.69 bits per heavy atom. The molecule has 11 nitrogen and oxygen atoms in total. The Balaban J connectivity index is 1.43. The fourth-order valence-electron chi connectivity index (χ4n) is 5.29. The number of pyridine rings is 1. The number of nitrogens with one attached hydrogen (secondary N) is 2. The average molecular weight is 511 g/mol. The van der Waals surface area contributed by atoms with Crippen LogP contribution in [0.1, 0.15) is 40.1 Å². The quantitative estimate of drug-likeness (QED) is 0.430. The Morgan fingerprint density at radius 2 is 1.97 bits per heavy atom. The van der Waals surface area contributed by atoms with Crippen LogP contribution in [0, 0.1) is 5.92 Å². The summed E-state index contributed by atoms with van der Waals surface area (Å²) in [5.74, 6) is -1.93. The van der Waals surface area contributed by atoms with Crippen molar-refractivity contribution in [2.75, 3.05) is 12.4 Å². The monoisotopic (exact) mass is 510 g/mol. The van der Waals surface area contributed by atoms with Gasteiger partial charge in [-0.2, -0.15) is 5.10 Å². The summed E-state index contributed by atoms with van der Waals surface area (Å²) in [6, 6.07) is 8.47. The minimum absolute atomic E-state index is 0.00161. The number of carboxylic acid groups (broad SMARTS) is 1. The summed E-state index contributed by atoms with van der Waals surface area (Å²) < 4.78 is 1.38. The number of hydrogen-bond acceptors (Lipinski definition) is 6. The van der Waals surface area contributed by atoms with Crippen LogP contribution < -0.4 is 10.6 Å². The number of carboxylic acids is 1. The predicted octanol–water partition coefficient (Wildman–Crippen LogP) is 2.16. The van der Waals surface area contributed by atoms with Crippen LogP contribution in [0.4, 0.5) is 5.82 Å². The third kappa shape index (κ3) is 4.15. The molecule has 1 aliphatic carbocycles. The number of halogens is 1. The molecule has 1 aliphatic heterocycles. The van der Waals surface area contributed by atoms with E-state index in [-0.39, 0.29) is 46.7 Å². The molecule has 5 rings (SSSR count). The summed E-state index contributed by atoms with van der Waals surface area (Å²) in [4.78, 5) is 56.3. The molecule has 0 unspecified atom stereocenters. The van der Waals surface area contributed by atoms with Crippen LogP contribution in [-0.2, 0) is 16.1 Å². The Labute approximate surface area is 210 Å². The molecule has 0 radical (unpaired) electrons. The van der Waals surface area contributed by atoms with Gasteiger partial charge in [0.05, 0.1) is 11.1 Å². The molecule has 3 aromatic rings. The molecular formula is C24H23ClN6O5. The van der Waals surface area contributed by atoms with E-state index in [1.165, 1.54) is 29.9 Å². The number of hydrogen-bond donors (Lipinski definition) is 3. The first-order valence-electron chi connectivity index (χ1n) is 11.5. The molecule has 3 N–H and O–H groups in total. The topological polar surface area (TPSA) is 147 Å². The van der Waals surface area contributed by atoms with Crippen molar-refractivity contribution in [3.8, 4) is 0 Å². The van der Waals surface area contributed by atoms with Crippen molar-refractivity contribution in [1.29, 1.82) is 0 Å². The molecule has 3 amide bonds. The zero-order chi connectivity index (χ0) is 25.6. The van der Waals surface area contributed by atoms with Crippen molar-refractivity contribution in [1.82, 2.24) is 25.0 Å². The lowest BCUT2D eigenvalue weighted by Crippen LogP contribution is -2.52. The van der Waals surface area contributed by atoms with Crippen LogP contribution in [0.25, 0.3) is 10.9 Å². The van der Waals surface area contributed by atoms with E-state index in [1.54, 1.807) is 23.1 Å². The first-order valence-corrected chi connectivity index (χ1v) is 11.8. The number of carbonyl (C=O) groups is 4. The number of likely N-dealkylation sites (tertiary alicyclic amines) is 1. The first kappa shape index (κ1) is 23.7. The standard InChI is InChI=1S/C24H23ClN6O5/c1-26-22(33)20-15-10-13(24(35)36)6-8-16(15)30(29-20)11-19(32)31-14-7-5-12(9-14)21(31)23(34)28-18-4-2-3-17(25)27-18/h2-4,6,8,10,12,14,21H,5,7,9,11H2,1H3,(H,26,33)(H,35,36)(H,27,28,34)/t12-,14+,21-/m0/s1. The molecule has 3 heterocycles. The number of aromatic nitrogens is 3. The van der Waals surface area contributed by atoms with E-state index in [0.29, 0.717) is 16.7 Å². The minimum Gasteiger partial charge on any atom is -0.478 e. The highest BCUT2D eigenvalue weighted by molar-refractivity contribution is 6.29. The molecule has 2 bridgehead atoms. The second kappa shape index (κ2) is 9.23. The first-order chi connectivity index (χ1) is 17.3. The third-order valence-corrected chi connectivity index (χ3v) is 7.04. The van der Waals surface area contributed by atoms with Gasteiger partial charge in [-0.3, -0.25) is 19.1 Å². The van der Waals surface area contributed by atoms with Gasteiger partial charge in [-0.25, -0.2) is 9.78 Å². The van der Waals surface area contributed by atoms with Crippen molar-refractivity contribution in [3.63, 3.8) is 0 Å². The van der Waals surface area contributed by atoms with Crippen LogP contribution >= 0.6 is 11.6 Å². The molecule has 186 valence electrons. The van der Waals surface area contributed by atoms with Gasteiger partial charge < -0.3 is 20.6 Å². The van der Waals surface area contributed by atoms with Crippen LogP contribution in [0.2, 0.25) is 5.15 Å². The number of aromatic carboxylic acids is 1. The van der Waals surface area contributed by atoms with Crippen molar-refractivity contribution in [3.05, 3.63) is 52.8 Å². The lowest BCUT2D eigenvalue weighted by atomic mass is 9.97. The zero-order valence-electron chi connectivity index (χ0n) is 19.3. The molecule has 2 fully saturated rings. The molecule has 1 saturated heterocycles. The molecule has 1 aromatic carbocycles. The van der Waals surface area contributed by atoms with Crippen molar-refractivity contribution >= 4 is 52.0 Å². The second-order valence-corrected chi connectivity index (χ2v) is 9.32. The molecule has 2 aliphatic rings. The SMILES string of the molecule is CNC(=O)c1nn(CC(=O)N2[C@@H]3CC[C@@H](C3)[C@H]2C(=O)Nc2cccc(Cl)n2)c2ccc(C(=O)O)cc12. The van der Waals surface area contributed by atoms with E-state index in [0.717, 1.165) is 19.3 Å². The van der Waals surface area contributed by atoms with Gasteiger partial charge >= 0.3 is 5.97 Å². The van der Waals surface area contributed by atoms with Gasteiger partial charge in [0.25, 0.3) is 5.91 Å². The van der Waals surface area contributed by atoms with E-state index < -0.39 is 17.9 Å². The maximum Gasteiger partial charge on any atom is 0.335 e. The van der Waals surface area contributed by atoms with E-state index in [9.17, 15) is 24.3 Å². The Bertz CT molecular complexity index is 1400. The van der Waals surface area contributed by atoms with Gasteiger partial charge in [-0.05, 0) is 55.5 Å². The summed E-state index contributed by atoms with van der Waals surface area (Å²) in [7, 11) is 1.44. The number of piperidine rings is 1. The normalized spacial score (nSPS) is 20.5. The summed E-state index contributed by atoms with van der Waals surface area (Å²) in [6.45, 7) is -0.206. The van der Waals surface area contributed by atoms with Crippen LogP contribution in [0.5, 0.6) is 0 Å². The Hall–Kier alpha value is -3.99. The largest absolute Gasteiger partial charge is 0.478 e.